The van der Waals surface area contributed by atoms with E-state index >= 15 is 0 Å². The van der Waals surface area contributed by atoms with Gasteiger partial charge in [-0.25, -0.2) is 0 Å². The van der Waals surface area contributed by atoms with Crippen molar-refractivity contribution in [3.63, 3.8) is 0 Å². The number of hydrogen-bond donors (Lipinski definition) is 0. The predicted octanol–water partition coefficient (Wildman–Crippen LogP) is 3.42. The Balaban J connectivity index is 2.53. The second-order valence-electron chi connectivity index (χ2n) is 2.11. The molecule has 0 saturated heterocycles. The molecule has 9 heavy (non-hydrogen) atoms. The molecule has 0 heterocycles. The van der Waals surface area contributed by atoms with Crippen molar-refractivity contribution in [3.05, 3.63) is 22.2 Å². The normalized spacial score (nSPS) is 17.3. The fourth-order valence-corrected chi connectivity index (χ4v) is 1.25. The van der Waals surface area contributed by atoms with Crippen molar-refractivity contribution in [2.45, 2.75) is 19.3 Å². The van der Waals surface area contributed by atoms with Crippen LogP contribution in [0.3, 0.4) is 0 Å². The zero-order valence-corrected chi connectivity index (χ0v) is 6.54. The van der Waals surface area contributed by atoms with Gasteiger partial charge < -0.3 is 0 Å². The maximum absolute atomic E-state index is 5.44. The number of rotatable bonds is 1. The second kappa shape index (κ2) is 3.28. The lowest BCUT2D eigenvalue weighted by Crippen LogP contribution is -1.67. The highest BCUT2D eigenvalue weighted by Gasteiger charge is 2.00. The van der Waals surface area contributed by atoms with Gasteiger partial charge in [0.2, 0.25) is 0 Å². The van der Waals surface area contributed by atoms with Gasteiger partial charge in [-0.05, 0) is 30.9 Å². The average molecular weight is 163 g/mol. The molecule has 0 fully saturated rings. The molecule has 0 aromatic heterocycles. The Morgan fingerprint density at radius 2 is 2.33 bits per heavy atom. The molecule has 0 aromatic carbocycles. The van der Waals surface area contributed by atoms with Gasteiger partial charge in [0.25, 0.3) is 0 Å². The predicted molar refractivity (Wildman–Crippen MR) is 41.7 cm³/mol. The van der Waals surface area contributed by atoms with Crippen molar-refractivity contribution in [2.75, 3.05) is 0 Å². The van der Waals surface area contributed by atoms with Gasteiger partial charge in [-0.1, -0.05) is 29.3 Å². The quantitative estimate of drug-likeness (QED) is 0.555. The van der Waals surface area contributed by atoms with Crippen molar-refractivity contribution in [1.29, 1.82) is 0 Å². The van der Waals surface area contributed by atoms with Crippen molar-refractivity contribution in [2.24, 2.45) is 0 Å². The van der Waals surface area contributed by atoms with E-state index < -0.39 is 0 Å². The minimum atomic E-state index is 0.364. The van der Waals surface area contributed by atoms with Crippen LogP contribution in [0.15, 0.2) is 22.2 Å². The Morgan fingerprint density at radius 1 is 1.56 bits per heavy atom. The highest BCUT2D eigenvalue weighted by molar-refractivity contribution is 6.56. The largest absolute Gasteiger partial charge is 0.107 e. The van der Waals surface area contributed by atoms with E-state index in [-0.39, 0.29) is 0 Å². The highest BCUT2D eigenvalue weighted by Crippen LogP contribution is 2.21. The first-order chi connectivity index (χ1) is 4.29. The maximum Gasteiger partial charge on any atom is 0.107 e. The van der Waals surface area contributed by atoms with Gasteiger partial charge in [0.15, 0.2) is 0 Å². The molecule has 0 aliphatic heterocycles. The molecule has 0 radical (unpaired) electrons. The van der Waals surface area contributed by atoms with Gasteiger partial charge in [-0.2, -0.15) is 0 Å². The van der Waals surface area contributed by atoms with E-state index in [2.05, 4.69) is 6.08 Å². The van der Waals surface area contributed by atoms with Crippen LogP contribution in [0.4, 0.5) is 0 Å². The van der Waals surface area contributed by atoms with Crippen LogP contribution in [-0.2, 0) is 0 Å². The molecule has 0 aromatic rings. The molecule has 0 spiro atoms. The molecule has 1 aliphatic carbocycles. The molecule has 1 rings (SSSR count). The lowest BCUT2D eigenvalue weighted by atomic mass is 10.2. The zero-order valence-electron chi connectivity index (χ0n) is 5.03. The lowest BCUT2D eigenvalue weighted by molar-refractivity contribution is 0.916. The van der Waals surface area contributed by atoms with Crippen molar-refractivity contribution in [1.82, 2.24) is 0 Å². The minimum absolute atomic E-state index is 0.364. The van der Waals surface area contributed by atoms with Gasteiger partial charge in [0, 0.05) is 0 Å². The summed E-state index contributed by atoms with van der Waals surface area (Å²) < 4.78 is 0.364. The zero-order chi connectivity index (χ0) is 6.69. The van der Waals surface area contributed by atoms with Crippen molar-refractivity contribution >= 4 is 23.2 Å². The van der Waals surface area contributed by atoms with Crippen LogP contribution in [0.5, 0.6) is 0 Å². The minimum Gasteiger partial charge on any atom is -0.0812 e. The third kappa shape index (κ3) is 2.42. The summed E-state index contributed by atoms with van der Waals surface area (Å²) in [6.45, 7) is 0. The van der Waals surface area contributed by atoms with E-state index in [0.717, 1.165) is 6.42 Å². The molecule has 50 valence electrons. The Morgan fingerprint density at radius 3 is 2.78 bits per heavy atom. The SMILES string of the molecule is ClC(Cl)=CC1=CCCC1. The monoisotopic (exact) mass is 162 g/mol. The Bertz CT molecular complexity index is 152. The molecule has 0 nitrogen and oxygen atoms in total. The van der Waals surface area contributed by atoms with E-state index in [0.29, 0.717) is 4.49 Å². The third-order valence-corrected chi connectivity index (χ3v) is 1.59. The summed E-state index contributed by atoms with van der Waals surface area (Å²) in [6, 6.07) is 0. The number of halogens is 2. The third-order valence-electron chi connectivity index (χ3n) is 1.37. The van der Waals surface area contributed by atoms with Gasteiger partial charge in [0.1, 0.15) is 4.49 Å². The average Bonchev–Trinajstić information content (AvgIpc) is 2.15. The maximum atomic E-state index is 5.44. The molecule has 0 saturated carbocycles. The Kier molecular flexibility index (Phi) is 2.62. The molecular formula is C7H8Cl2. The first kappa shape index (κ1) is 7.17. The van der Waals surface area contributed by atoms with E-state index in [1.165, 1.54) is 18.4 Å². The van der Waals surface area contributed by atoms with Crippen LogP contribution in [-0.4, -0.2) is 0 Å². The Labute approximate surface area is 65.2 Å². The smallest absolute Gasteiger partial charge is 0.0812 e. The molecule has 0 amide bonds. The fraction of sp³-hybridized carbons (Fsp3) is 0.429. The molecule has 1 aliphatic rings. The molecule has 0 N–H and O–H groups in total. The van der Waals surface area contributed by atoms with E-state index in [9.17, 15) is 0 Å². The van der Waals surface area contributed by atoms with Crippen LogP contribution in [0.2, 0.25) is 0 Å². The van der Waals surface area contributed by atoms with Crippen LogP contribution in [0.1, 0.15) is 19.3 Å². The summed E-state index contributed by atoms with van der Waals surface area (Å²) in [7, 11) is 0. The lowest BCUT2D eigenvalue weighted by Gasteiger charge is -1.88. The summed E-state index contributed by atoms with van der Waals surface area (Å²) in [4.78, 5) is 0. The summed E-state index contributed by atoms with van der Waals surface area (Å²) in [5, 5.41) is 0. The van der Waals surface area contributed by atoms with Gasteiger partial charge >= 0.3 is 0 Å². The Hall–Kier alpha value is 0.0600. The molecule has 2 heteroatoms. The fourth-order valence-electron chi connectivity index (χ4n) is 0.967. The van der Waals surface area contributed by atoms with Gasteiger partial charge in [-0.3, -0.25) is 0 Å². The molecule has 0 unspecified atom stereocenters. The molecular weight excluding hydrogens is 155 g/mol. The molecule has 0 atom stereocenters. The topological polar surface area (TPSA) is 0 Å². The van der Waals surface area contributed by atoms with Crippen LogP contribution in [0, 0.1) is 0 Å². The van der Waals surface area contributed by atoms with Crippen molar-refractivity contribution < 1.29 is 0 Å². The first-order valence-electron chi connectivity index (χ1n) is 3.01. The van der Waals surface area contributed by atoms with Gasteiger partial charge in [-0.15, -0.1) is 0 Å². The standard InChI is InChI=1S/C7H8Cl2/c8-7(9)5-6-3-1-2-4-6/h3,5H,1-2,4H2. The number of allylic oxidation sites excluding steroid dienone is 3. The summed E-state index contributed by atoms with van der Waals surface area (Å²) in [5.41, 5.74) is 1.27. The van der Waals surface area contributed by atoms with E-state index in [1.54, 1.807) is 0 Å². The van der Waals surface area contributed by atoms with Crippen LogP contribution in [0.25, 0.3) is 0 Å². The summed E-state index contributed by atoms with van der Waals surface area (Å²) in [6.07, 6.45) is 7.53. The summed E-state index contributed by atoms with van der Waals surface area (Å²) in [5.74, 6) is 0. The van der Waals surface area contributed by atoms with E-state index in [4.69, 9.17) is 23.2 Å². The summed E-state index contributed by atoms with van der Waals surface area (Å²) >= 11 is 10.9. The van der Waals surface area contributed by atoms with Crippen LogP contribution < -0.4 is 0 Å². The second-order valence-corrected chi connectivity index (χ2v) is 3.11. The highest BCUT2D eigenvalue weighted by atomic mass is 35.5. The van der Waals surface area contributed by atoms with Crippen LogP contribution >= 0.6 is 23.2 Å². The number of hydrogen-bond acceptors (Lipinski definition) is 0. The molecule has 0 bridgehead atoms. The first-order valence-corrected chi connectivity index (χ1v) is 3.76. The van der Waals surface area contributed by atoms with Gasteiger partial charge in [0.05, 0.1) is 0 Å². The van der Waals surface area contributed by atoms with Crippen molar-refractivity contribution in [3.8, 4) is 0 Å². The van der Waals surface area contributed by atoms with E-state index in [1.807, 2.05) is 6.08 Å².